The Hall–Kier alpha value is 0.540. The Morgan fingerprint density at radius 2 is 1.29 bits per heavy atom. The second kappa shape index (κ2) is 4.69. The Morgan fingerprint density at radius 3 is 1.29 bits per heavy atom. The minimum atomic E-state index is -4.64. The smallest absolute Gasteiger partial charge is 0.303 e. The Morgan fingerprint density at radius 1 is 1.29 bits per heavy atom. The van der Waals surface area contributed by atoms with Crippen molar-refractivity contribution in [2.75, 3.05) is 6.66 Å². The summed E-state index contributed by atoms with van der Waals surface area (Å²) >= 11 is 0. The minimum Gasteiger partial charge on any atom is -0.303 e. The van der Waals surface area contributed by atoms with Gasteiger partial charge in [0.2, 0.25) is 0 Å². The van der Waals surface area contributed by atoms with Crippen molar-refractivity contribution in [1.82, 2.24) is 0 Å². The molecule has 1 atom stereocenters. The second-order valence-electron chi connectivity index (χ2n) is 0.513. The number of hydrogen-bond acceptors (Lipinski definition) is 1. The van der Waals surface area contributed by atoms with Gasteiger partial charge in [-0.25, -0.2) is 4.57 Å². The fourth-order valence-electron chi connectivity index (χ4n) is 0. The monoisotopic (exact) mass is 146 g/mol. The van der Waals surface area contributed by atoms with Crippen molar-refractivity contribution >= 4 is 17.1 Å². The van der Waals surface area contributed by atoms with Crippen molar-refractivity contribution in [2.45, 2.75) is 0 Å². The Bertz CT molecular complexity index is 55.8. The van der Waals surface area contributed by atoms with Crippen LogP contribution in [0, 0.1) is 0 Å². The van der Waals surface area contributed by atoms with E-state index in [1.54, 1.807) is 0 Å². The molecule has 0 radical (unpaired) electrons. The molecule has 0 amide bonds. The molecule has 4 nitrogen and oxygen atoms in total. The first-order valence-electron chi connectivity index (χ1n) is 1.36. The molecule has 0 heterocycles. The van der Waals surface area contributed by atoms with Crippen molar-refractivity contribution in [3.05, 3.63) is 0 Å². The summed E-state index contributed by atoms with van der Waals surface area (Å²) in [5.74, 6) is 0. The lowest BCUT2D eigenvalue weighted by atomic mass is 12.0. The van der Waals surface area contributed by atoms with Crippen LogP contribution in [0.25, 0.3) is 0 Å². The van der Waals surface area contributed by atoms with E-state index in [0.29, 0.717) is 0 Å². The predicted octanol–water partition coefficient (Wildman–Crippen LogP) is -0.437. The van der Waals surface area contributed by atoms with E-state index >= 15 is 0 Å². The summed E-state index contributed by atoms with van der Waals surface area (Å²) in [5.41, 5.74) is 0. The highest BCUT2D eigenvalue weighted by molar-refractivity contribution is 7.45. The fraction of sp³-hybridized carbons (Fsp3) is 1.00. The maximum atomic E-state index is 8.88. The number of hydrogen-bond donors (Lipinski definition) is 3. The zero-order chi connectivity index (χ0) is 6.50. The van der Waals surface area contributed by atoms with Gasteiger partial charge < -0.3 is 14.7 Å². The molecule has 0 rings (SSSR count). The van der Waals surface area contributed by atoms with E-state index in [9.17, 15) is 0 Å². The molecular formula is CH8O4P2. The topological polar surface area (TPSA) is 77.8 Å². The van der Waals surface area contributed by atoms with Crippen LogP contribution in [0.5, 0.6) is 0 Å². The molecule has 3 N–H and O–H groups in total. The lowest BCUT2D eigenvalue weighted by Gasteiger charge is -1.82. The van der Waals surface area contributed by atoms with Gasteiger partial charge >= 0.3 is 7.82 Å². The minimum absolute atomic E-state index is 1.92. The third-order valence-electron chi connectivity index (χ3n) is 0. The molecule has 0 aromatic rings. The highest BCUT2D eigenvalue weighted by Gasteiger charge is 2.00. The highest BCUT2D eigenvalue weighted by atomic mass is 31.2. The molecule has 0 aromatic heterocycles. The van der Waals surface area contributed by atoms with Crippen LogP contribution in [0.15, 0.2) is 0 Å². The standard InChI is InChI=1S/CH5P.H3O4P/c1-2;1-5(2,3)4/h2H2,1H3;(H3,1,2,3,4). The van der Waals surface area contributed by atoms with Crippen molar-refractivity contribution < 1.29 is 19.2 Å². The van der Waals surface area contributed by atoms with Gasteiger partial charge in [0.1, 0.15) is 0 Å². The molecule has 0 saturated heterocycles. The maximum Gasteiger partial charge on any atom is 0.466 e. The molecule has 0 spiro atoms. The maximum absolute atomic E-state index is 8.88. The highest BCUT2D eigenvalue weighted by Crippen LogP contribution is 2.25. The lowest BCUT2D eigenvalue weighted by molar-refractivity contribution is 0.275. The molecule has 0 bridgehead atoms. The third kappa shape index (κ3) is 462. The summed E-state index contributed by atoms with van der Waals surface area (Å²) < 4.78 is 8.88. The average molecular weight is 146 g/mol. The van der Waals surface area contributed by atoms with E-state index in [2.05, 4.69) is 9.24 Å². The zero-order valence-corrected chi connectivity index (χ0v) is 5.82. The first kappa shape index (κ1) is 10.5. The van der Waals surface area contributed by atoms with E-state index in [-0.39, 0.29) is 0 Å². The lowest BCUT2D eigenvalue weighted by Crippen LogP contribution is -1.66. The van der Waals surface area contributed by atoms with Gasteiger partial charge in [-0.3, -0.25) is 0 Å². The van der Waals surface area contributed by atoms with Crippen LogP contribution in [0.2, 0.25) is 0 Å². The van der Waals surface area contributed by atoms with Gasteiger partial charge in [-0.15, -0.1) is 9.24 Å². The van der Waals surface area contributed by atoms with Gasteiger partial charge in [-0.05, 0) is 0 Å². The molecule has 0 saturated carbocycles. The van der Waals surface area contributed by atoms with Gasteiger partial charge in [0.05, 0.1) is 0 Å². The summed E-state index contributed by atoms with van der Waals surface area (Å²) in [6.45, 7) is 1.92. The van der Waals surface area contributed by atoms with Gasteiger partial charge in [-0.1, -0.05) is 6.66 Å². The Balaban J connectivity index is 0. The van der Waals surface area contributed by atoms with E-state index in [1.807, 2.05) is 6.66 Å². The molecular weight excluding hydrogens is 138 g/mol. The van der Waals surface area contributed by atoms with E-state index in [1.165, 1.54) is 0 Å². The largest absolute Gasteiger partial charge is 0.466 e. The van der Waals surface area contributed by atoms with Crippen LogP contribution in [-0.4, -0.2) is 21.3 Å². The summed E-state index contributed by atoms with van der Waals surface area (Å²) in [4.78, 5) is 21.6. The second-order valence-corrected chi connectivity index (χ2v) is 1.54. The van der Waals surface area contributed by atoms with Crippen LogP contribution in [-0.2, 0) is 4.57 Å². The number of rotatable bonds is 0. The van der Waals surface area contributed by atoms with Crippen LogP contribution < -0.4 is 0 Å². The van der Waals surface area contributed by atoms with Gasteiger partial charge in [0.15, 0.2) is 0 Å². The molecule has 0 aliphatic rings. The van der Waals surface area contributed by atoms with Gasteiger partial charge in [0.25, 0.3) is 0 Å². The fourth-order valence-corrected chi connectivity index (χ4v) is 0. The van der Waals surface area contributed by atoms with Crippen LogP contribution >= 0.6 is 17.1 Å². The molecule has 0 aliphatic carbocycles. The zero-order valence-electron chi connectivity index (χ0n) is 3.77. The quantitative estimate of drug-likeness (QED) is 0.405. The van der Waals surface area contributed by atoms with Crippen molar-refractivity contribution in [1.29, 1.82) is 0 Å². The first-order valence-corrected chi connectivity index (χ1v) is 4.08. The average Bonchev–Trinajstić information content (AvgIpc) is 1.36. The van der Waals surface area contributed by atoms with Gasteiger partial charge in [0, 0.05) is 0 Å². The molecule has 0 aromatic carbocycles. The van der Waals surface area contributed by atoms with E-state index < -0.39 is 7.82 Å². The number of phosphoric acid groups is 1. The predicted molar refractivity (Wildman–Crippen MR) is 29.9 cm³/mol. The summed E-state index contributed by atoms with van der Waals surface area (Å²) in [6.07, 6.45) is 0. The molecule has 0 fully saturated rings. The Labute approximate surface area is 44.0 Å². The van der Waals surface area contributed by atoms with E-state index in [4.69, 9.17) is 19.2 Å². The molecule has 6 heteroatoms. The van der Waals surface area contributed by atoms with Crippen molar-refractivity contribution in [2.24, 2.45) is 0 Å². The third-order valence-corrected chi connectivity index (χ3v) is 0. The van der Waals surface area contributed by atoms with Crippen molar-refractivity contribution in [3.63, 3.8) is 0 Å². The SMILES string of the molecule is CP.O=P(O)(O)O. The van der Waals surface area contributed by atoms with E-state index in [0.717, 1.165) is 0 Å². The van der Waals surface area contributed by atoms with Crippen LogP contribution in [0.4, 0.5) is 0 Å². The Kier molecular flexibility index (Phi) is 7.04. The van der Waals surface area contributed by atoms with Crippen molar-refractivity contribution in [3.8, 4) is 0 Å². The molecule has 7 heavy (non-hydrogen) atoms. The summed E-state index contributed by atoms with van der Waals surface area (Å²) in [5, 5.41) is 0. The molecule has 0 aliphatic heterocycles. The summed E-state index contributed by atoms with van der Waals surface area (Å²) in [6, 6.07) is 0. The van der Waals surface area contributed by atoms with Crippen LogP contribution in [0.3, 0.4) is 0 Å². The van der Waals surface area contributed by atoms with Gasteiger partial charge in [-0.2, -0.15) is 0 Å². The first-order chi connectivity index (χ1) is 3.00. The normalized spacial score (nSPS) is 9.29. The molecule has 46 valence electrons. The van der Waals surface area contributed by atoms with Crippen LogP contribution in [0.1, 0.15) is 0 Å². The summed E-state index contributed by atoms with van der Waals surface area (Å²) in [7, 11) is -2.22. The molecule has 1 unspecified atom stereocenters.